The first-order valence-corrected chi connectivity index (χ1v) is 7.06. The number of hydrogen-bond donors (Lipinski definition) is 0. The van der Waals surface area contributed by atoms with Gasteiger partial charge in [-0.25, -0.2) is 0 Å². The van der Waals surface area contributed by atoms with E-state index in [0.29, 0.717) is 5.88 Å². The molecule has 0 aliphatic heterocycles. The van der Waals surface area contributed by atoms with Gasteiger partial charge >= 0.3 is 0 Å². The van der Waals surface area contributed by atoms with E-state index in [9.17, 15) is 0 Å². The summed E-state index contributed by atoms with van der Waals surface area (Å²) >= 11 is 9.23. The van der Waals surface area contributed by atoms with E-state index in [0.717, 1.165) is 16.5 Å². The molecule has 1 aromatic heterocycles. The van der Waals surface area contributed by atoms with Crippen molar-refractivity contribution in [3.8, 4) is 0 Å². The van der Waals surface area contributed by atoms with Crippen molar-refractivity contribution >= 4 is 33.1 Å². The highest BCUT2D eigenvalue weighted by molar-refractivity contribution is 9.10. The summed E-state index contributed by atoms with van der Waals surface area (Å²) in [7, 11) is 0. The lowest BCUT2D eigenvalue weighted by Crippen LogP contribution is -1.89. The van der Waals surface area contributed by atoms with Gasteiger partial charge in [0.25, 0.3) is 0 Å². The van der Waals surface area contributed by atoms with E-state index in [1.54, 1.807) is 6.20 Å². The van der Waals surface area contributed by atoms with Crippen molar-refractivity contribution < 1.29 is 0 Å². The first-order valence-electron chi connectivity index (χ1n) is 5.73. The van der Waals surface area contributed by atoms with Crippen LogP contribution in [0, 0.1) is 0 Å². The van der Waals surface area contributed by atoms with Crippen molar-refractivity contribution in [2.75, 3.05) is 5.88 Å². The highest BCUT2D eigenvalue weighted by Crippen LogP contribution is 2.24. The zero-order valence-electron chi connectivity index (χ0n) is 9.81. The van der Waals surface area contributed by atoms with Gasteiger partial charge in [-0.15, -0.1) is 11.6 Å². The molecule has 0 spiro atoms. The van der Waals surface area contributed by atoms with Crippen molar-refractivity contribution in [2.24, 2.45) is 0 Å². The molecule has 92 valence electrons. The third kappa shape index (κ3) is 3.44. The Morgan fingerprint density at radius 2 is 1.94 bits per heavy atom. The molecular formula is C15H13BrClN. The highest BCUT2D eigenvalue weighted by atomic mass is 79.9. The molecule has 0 unspecified atom stereocenters. The first-order chi connectivity index (χ1) is 8.81. The van der Waals surface area contributed by atoms with E-state index in [-0.39, 0.29) is 0 Å². The monoisotopic (exact) mass is 321 g/mol. The maximum atomic E-state index is 5.78. The maximum Gasteiger partial charge on any atom is 0.0346 e. The maximum absolute atomic E-state index is 5.78. The van der Waals surface area contributed by atoms with Crippen LogP contribution in [0.2, 0.25) is 0 Å². The molecule has 0 N–H and O–H groups in total. The van der Waals surface area contributed by atoms with Crippen molar-refractivity contribution in [1.82, 2.24) is 4.98 Å². The molecule has 0 saturated carbocycles. The number of allylic oxidation sites excluding steroid dienone is 1. The van der Waals surface area contributed by atoms with E-state index in [4.69, 9.17) is 11.6 Å². The predicted octanol–water partition coefficient (Wildman–Crippen LogP) is 4.90. The summed E-state index contributed by atoms with van der Waals surface area (Å²) in [6.45, 7) is 0. The van der Waals surface area contributed by atoms with Crippen LogP contribution in [0.25, 0.3) is 5.57 Å². The minimum absolute atomic E-state index is 0.625. The quantitative estimate of drug-likeness (QED) is 0.729. The van der Waals surface area contributed by atoms with Crippen LogP contribution in [0.3, 0.4) is 0 Å². The van der Waals surface area contributed by atoms with E-state index < -0.39 is 0 Å². The SMILES string of the molecule is ClCC/C=C(/c1ccc(Br)cc1)c1cccnc1. The predicted molar refractivity (Wildman–Crippen MR) is 80.8 cm³/mol. The minimum atomic E-state index is 0.625. The van der Waals surface area contributed by atoms with Crippen LogP contribution in [0.15, 0.2) is 59.3 Å². The van der Waals surface area contributed by atoms with Crippen LogP contribution in [0.4, 0.5) is 0 Å². The first kappa shape index (κ1) is 13.3. The van der Waals surface area contributed by atoms with Gasteiger partial charge in [-0.2, -0.15) is 0 Å². The number of halogens is 2. The van der Waals surface area contributed by atoms with Gasteiger partial charge in [-0.05, 0) is 35.8 Å². The molecule has 0 saturated heterocycles. The summed E-state index contributed by atoms with van der Waals surface area (Å²) in [5.74, 6) is 0.625. The normalized spacial score (nSPS) is 11.6. The second-order valence-corrected chi connectivity index (χ2v) is 5.14. The van der Waals surface area contributed by atoms with Gasteiger partial charge in [-0.3, -0.25) is 4.98 Å². The fourth-order valence-corrected chi connectivity index (χ4v) is 2.13. The lowest BCUT2D eigenvalue weighted by molar-refractivity contribution is 1.23. The molecule has 0 aliphatic rings. The summed E-state index contributed by atoms with van der Waals surface area (Å²) < 4.78 is 1.08. The number of hydrogen-bond acceptors (Lipinski definition) is 1. The van der Waals surface area contributed by atoms with Crippen molar-refractivity contribution in [3.63, 3.8) is 0 Å². The second kappa shape index (κ2) is 6.72. The van der Waals surface area contributed by atoms with Gasteiger partial charge in [0.2, 0.25) is 0 Å². The van der Waals surface area contributed by atoms with Gasteiger partial charge in [0.15, 0.2) is 0 Å². The van der Waals surface area contributed by atoms with Crippen molar-refractivity contribution in [2.45, 2.75) is 6.42 Å². The van der Waals surface area contributed by atoms with Crippen LogP contribution in [0.1, 0.15) is 17.5 Å². The summed E-state index contributed by atoms with van der Waals surface area (Å²) in [6, 6.07) is 12.3. The second-order valence-electron chi connectivity index (χ2n) is 3.84. The standard InChI is InChI=1S/C15H13BrClN/c16-14-7-5-12(6-8-14)15(4-1-9-17)13-3-2-10-18-11-13/h2-8,10-11H,1,9H2/b15-4-. The molecule has 18 heavy (non-hydrogen) atoms. The summed E-state index contributed by atoms with van der Waals surface area (Å²) in [6.07, 6.45) is 6.67. The number of alkyl halides is 1. The molecule has 1 nitrogen and oxygen atoms in total. The Kier molecular flexibility index (Phi) is 4.97. The molecule has 2 aromatic rings. The van der Waals surface area contributed by atoms with Gasteiger partial charge < -0.3 is 0 Å². The number of pyridine rings is 1. The van der Waals surface area contributed by atoms with Crippen molar-refractivity contribution in [1.29, 1.82) is 0 Å². The number of benzene rings is 1. The fraction of sp³-hybridized carbons (Fsp3) is 0.133. The molecule has 0 radical (unpaired) electrons. The zero-order valence-corrected chi connectivity index (χ0v) is 12.2. The van der Waals surface area contributed by atoms with Crippen LogP contribution >= 0.6 is 27.5 Å². The summed E-state index contributed by atoms with van der Waals surface area (Å²) in [4.78, 5) is 4.17. The van der Waals surface area contributed by atoms with Crippen LogP contribution < -0.4 is 0 Å². The zero-order chi connectivity index (χ0) is 12.8. The Morgan fingerprint density at radius 1 is 1.17 bits per heavy atom. The molecule has 0 fully saturated rings. The Hall–Kier alpha value is -1.12. The lowest BCUT2D eigenvalue weighted by Gasteiger charge is -2.08. The van der Waals surface area contributed by atoms with E-state index in [2.05, 4.69) is 45.2 Å². The third-order valence-corrected chi connectivity index (χ3v) is 3.33. The minimum Gasteiger partial charge on any atom is -0.264 e. The smallest absolute Gasteiger partial charge is 0.0346 e. The Morgan fingerprint density at radius 3 is 2.56 bits per heavy atom. The number of rotatable bonds is 4. The van der Waals surface area contributed by atoms with Crippen LogP contribution in [-0.4, -0.2) is 10.9 Å². The average molecular weight is 323 g/mol. The largest absolute Gasteiger partial charge is 0.264 e. The highest BCUT2D eigenvalue weighted by Gasteiger charge is 2.04. The number of aromatic nitrogens is 1. The Bertz CT molecular complexity index is 520. The summed E-state index contributed by atoms with van der Waals surface area (Å²) in [5, 5.41) is 0. The molecule has 2 rings (SSSR count). The molecule has 0 atom stereocenters. The molecule has 1 heterocycles. The van der Waals surface area contributed by atoms with E-state index in [1.165, 1.54) is 11.1 Å². The summed E-state index contributed by atoms with van der Waals surface area (Å²) in [5.41, 5.74) is 3.47. The average Bonchev–Trinajstić information content (AvgIpc) is 2.42. The molecule has 0 amide bonds. The van der Waals surface area contributed by atoms with Crippen LogP contribution in [0.5, 0.6) is 0 Å². The lowest BCUT2D eigenvalue weighted by atomic mass is 9.98. The van der Waals surface area contributed by atoms with Crippen LogP contribution in [-0.2, 0) is 0 Å². The van der Waals surface area contributed by atoms with E-state index >= 15 is 0 Å². The van der Waals surface area contributed by atoms with E-state index in [1.807, 2.05) is 24.4 Å². The van der Waals surface area contributed by atoms with Gasteiger partial charge in [0.05, 0.1) is 0 Å². The van der Waals surface area contributed by atoms with Gasteiger partial charge in [0, 0.05) is 28.3 Å². The molecule has 3 heteroatoms. The molecule has 0 aliphatic carbocycles. The van der Waals surface area contributed by atoms with Crippen molar-refractivity contribution in [3.05, 3.63) is 70.5 Å². The molecule has 0 bridgehead atoms. The van der Waals surface area contributed by atoms with Gasteiger partial charge in [-0.1, -0.05) is 40.2 Å². The number of nitrogens with zero attached hydrogens (tertiary/aromatic N) is 1. The Labute approximate surface area is 121 Å². The fourth-order valence-electron chi connectivity index (χ4n) is 1.75. The topological polar surface area (TPSA) is 12.9 Å². The molecular weight excluding hydrogens is 310 g/mol. The van der Waals surface area contributed by atoms with Gasteiger partial charge in [0.1, 0.15) is 0 Å². The Balaban J connectivity index is 2.40. The molecule has 1 aromatic carbocycles. The third-order valence-electron chi connectivity index (χ3n) is 2.59.